The lowest BCUT2D eigenvalue weighted by atomic mass is 9.74. The van der Waals surface area contributed by atoms with Gasteiger partial charge in [0.2, 0.25) is 0 Å². The van der Waals surface area contributed by atoms with Crippen LogP contribution in [0.1, 0.15) is 65.7 Å². The lowest BCUT2D eigenvalue weighted by Gasteiger charge is -2.36. The third-order valence-corrected chi connectivity index (χ3v) is 6.05. The molecular formula is C17H35NO2S. The van der Waals surface area contributed by atoms with E-state index < -0.39 is 9.84 Å². The summed E-state index contributed by atoms with van der Waals surface area (Å²) in [5.74, 6) is 2.77. The number of hydrogen-bond donors (Lipinski definition) is 1. The van der Waals surface area contributed by atoms with Crippen molar-refractivity contribution >= 4 is 9.84 Å². The summed E-state index contributed by atoms with van der Waals surface area (Å²) < 4.78 is 22.6. The van der Waals surface area contributed by atoms with Crippen molar-refractivity contribution in [3.05, 3.63) is 0 Å². The summed E-state index contributed by atoms with van der Waals surface area (Å²) in [6, 6.07) is 0.514. The van der Waals surface area contributed by atoms with Gasteiger partial charge in [-0.05, 0) is 69.2 Å². The predicted octanol–water partition coefficient (Wildman–Crippen LogP) is 3.64. The first-order valence-electron chi connectivity index (χ1n) is 8.74. The first-order valence-corrected chi connectivity index (χ1v) is 10.8. The molecule has 4 heteroatoms. The van der Waals surface area contributed by atoms with E-state index in [1.165, 1.54) is 31.9 Å². The van der Waals surface area contributed by atoms with E-state index in [4.69, 9.17) is 0 Å². The van der Waals surface area contributed by atoms with Crippen molar-refractivity contribution in [3.8, 4) is 0 Å². The van der Waals surface area contributed by atoms with E-state index >= 15 is 0 Å². The van der Waals surface area contributed by atoms with Gasteiger partial charge < -0.3 is 5.32 Å². The van der Waals surface area contributed by atoms with Gasteiger partial charge in [-0.3, -0.25) is 0 Å². The zero-order valence-electron chi connectivity index (χ0n) is 14.4. The fourth-order valence-corrected chi connectivity index (χ4v) is 4.30. The maximum atomic E-state index is 11.3. The van der Waals surface area contributed by atoms with Crippen LogP contribution in [0, 0.1) is 17.8 Å². The van der Waals surface area contributed by atoms with E-state index in [0.717, 1.165) is 43.6 Å². The minimum absolute atomic E-state index is 0.332. The average Bonchev–Trinajstić information content (AvgIpc) is 2.41. The van der Waals surface area contributed by atoms with Crippen LogP contribution in [-0.4, -0.2) is 33.0 Å². The molecule has 1 unspecified atom stereocenters. The largest absolute Gasteiger partial charge is 0.314 e. The van der Waals surface area contributed by atoms with Gasteiger partial charge in [0.1, 0.15) is 9.84 Å². The Balaban J connectivity index is 2.45. The van der Waals surface area contributed by atoms with Gasteiger partial charge >= 0.3 is 0 Å². The minimum Gasteiger partial charge on any atom is -0.314 e. The van der Waals surface area contributed by atoms with Gasteiger partial charge in [0.05, 0.1) is 0 Å². The maximum Gasteiger partial charge on any atom is 0.147 e. The third kappa shape index (κ3) is 7.64. The highest BCUT2D eigenvalue weighted by atomic mass is 32.2. The van der Waals surface area contributed by atoms with Crippen molar-refractivity contribution in [2.45, 2.75) is 71.8 Å². The highest BCUT2D eigenvalue weighted by Crippen LogP contribution is 2.35. The standard InChI is InChI=1S/C17H35NO2S/c1-5-12-18-17(7-6-13-21(4,19)20)16-10-8-15(9-11-16)14(2)3/h14-18H,5-13H2,1-4H3. The van der Waals surface area contributed by atoms with Crippen molar-refractivity contribution in [3.63, 3.8) is 0 Å². The molecule has 0 aromatic heterocycles. The van der Waals surface area contributed by atoms with Crippen molar-refractivity contribution in [1.82, 2.24) is 5.32 Å². The quantitative estimate of drug-likeness (QED) is 0.706. The minimum atomic E-state index is -2.82. The van der Waals surface area contributed by atoms with Crippen LogP contribution >= 0.6 is 0 Å². The second-order valence-corrected chi connectivity index (χ2v) is 9.51. The van der Waals surface area contributed by atoms with E-state index in [1.54, 1.807) is 0 Å². The molecule has 0 radical (unpaired) electrons. The molecule has 0 aromatic carbocycles. The molecule has 1 rings (SSSR count). The zero-order valence-corrected chi connectivity index (χ0v) is 15.2. The number of rotatable bonds is 9. The summed E-state index contributed by atoms with van der Waals surface area (Å²) in [6.07, 6.45) is 9.59. The summed E-state index contributed by atoms with van der Waals surface area (Å²) in [5, 5.41) is 3.67. The van der Waals surface area contributed by atoms with Crippen LogP contribution in [0.25, 0.3) is 0 Å². The Hall–Kier alpha value is -0.0900. The Morgan fingerprint density at radius 2 is 1.67 bits per heavy atom. The van der Waals surface area contributed by atoms with Crippen LogP contribution in [0.15, 0.2) is 0 Å². The molecule has 0 heterocycles. The van der Waals surface area contributed by atoms with E-state index in [1.807, 2.05) is 0 Å². The highest BCUT2D eigenvalue weighted by molar-refractivity contribution is 7.90. The lowest BCUT2D eigenvalue weighted by molar-refractivity contribution is 0.183. The average molecular weight is 318 g/mol. The number of hydrogen-bond acceptors (Lipinski definition) is 3. The molecule has 1 aliphatic rings. The van der Waals surface area contributed by atoms with Crippen LogP contribution in [0.4, 0.5) is 0 Å². The molecule has 0 aliphatic heterocycles. The fourth-order valence-electron chi connectivity index (χ4n) is 3.61. The molecule has 0 aromatic rings. The van der Waals surface area contributed by atoms with E-state index in [2.05, 4.69) is 26.1 Å². The zero-order chi connectivity index (χ0) is 15.9. The molecule has 1 saturated carbocycles. The normalized spacial score (nSPS) is 25.2. The Morgan fingerprint density at radius 1 is 1.10 bits per heavy atom. The van der Waals surface area contributed by atoms with Gasteiger partial charge in [-0.2, -0.15) is 0 Å². The smallest absolute Gasteiger partial charge is 0.147 e. The van der Waals surface area contributed by atoms with Gasteiger partial charge in [0.15, 0.2) is 0 Å². The van der Waals surface area contributed by atoms with Crippen LogP contribution in [0.3, 0.4) is 0 Å². The van der Waals surface area contributed by atoms with Crippen molar-refractivity contribution in [2.24, 2.45) is 17.8 Å². The molecule has 21 heavy (non-hydrogen) atoms. The van der Waals surface area contributed by atoms with Crippen LogP contribution < -0.4 is 5.32 Å². The predicted molar refractivity (Wildman–Crippen MR) is 91.3 cm³/mol. The molecule has 1 fully saturated rings. The van der Waals surface area contributed by atoms with E-state index in [0.29, 0.717) is 11.8 Å². The van der Waals surface area contributed by atoms with Crippen LogP contribution in [0.5, 0.6) is 0 Å². The molecule has 126 valence electrons. The topological polar surface area (TPSA) is 46.2 Å². The maximum absolute atomic E-state index is 11.3. The Kier molecular flexibility index (Phi) is 8.25. The van der Waals surface area contributed by atoms with Gasteiger partial charge in [0, 0.05) is 18.1 Å². The lowest BCUT2D eigenvalue weighted by Crippen LogP contribution is -2.39. The molecular weight excluding hydrogens is 282 g/mol. The summed E-state index contributed by atoms with van der Waals surface area (Å²) in [4.78, 5) is 0. The second kappa shape index (κ2) is 9.14. The molecule has 0 saturated heterocycles. The molecule has 1 atom stereocenters. The molecule has 3 nitrogen and oxygen atoms in total. The first kappa shape index (κ1) is 19.0. The molecule has 1 N–H and O–H groups in total. The van der Waals surface area contributed by atoms with E-state index in [9.17, 15) is 8.42 Å². The molecule has 0 bridgehead atoms. The summed E-state index contributed by atoms with van der Waals surface area (Å²) >= 11 is 0. The molecule has 1 aliphatic carbocycles. The Bertz CT molecular complexity index is 370. The van der Waals surface area contributed by atoms with Gasteiger partial charge in [-0.1, -0.05) is 20.8 Å². The van der Waals surface area contributed by atoms with Gasteiger partial charge in [-0.15, -0.1) is 0 Å². The number of sulfone groups is 1. The Labute approximate surface area is 132 Å². The molecule has 0 spiro atoms. The Morgan fingerprint density at radius 3 is 2.14 bits per heavy atom. The second-order valence-electron chi connectivity index (χ2n) is 7.25. The monoisotopic (exact) mass is 317 g/mol. The van der Waals surface area contributed by atoms with Gasteiger partial charge in [-0.25, -0.2) is 8.42 Å². The summed E-state index contributed by atoms with van der Waals surface area (Å²) in [7, 11) is -2.82. The summed E-state index contributed by atoms with van der Waals surface area (Å²) in [6.45, 7) is 7.91. The van der Waals surface area contributed by atoms with Crippen molar-refractivity contribution in [2.75, 3.05) is 18.6 Å². The van der Waals surface area contributed by atoms with Crippen LogP contribution in [-0.2, 0) is 9.84 Å². The summed E-state index contributed by atoms with van der Waals surface area (Å²) in [5.41, 5.74) is 0. The van der Waals surface area contributed by atoms with Crippen molar-refractivity contribution in [1.29, 1.82) is 0 Å². The SMILES string of the molecule is CCCNC(CCCS(C)(=O)=O)C1CCC(C(C)C)CC1. The van der Waals surface area contributed by atoms with Gasteiger partial charge in [0.25, 0.3) is 0 Å². The van der Waals surface area contributed by atoms with Crippen molar-refractivity contribution < 1.29 is 8.42 Å². The molecule has 0 amide bonds. The highest BCUT2D eigenvalue weighted by Gasteiger charge is 2.28. The van der Waals surface area contributed by atoms with E-state index in [-0.39, 0.29) is 0 Å². The number of nitrogens with one attached hydrogen (secondary N) is 1. The van der Waals surface area contributed by atoms with Crippen LogP contribution in [0.2, 0.25) is 0 Å². The fraction of sp³-hybridized carbons (Fsp3) is 1.00. The first-order chi connectivity index (χ1) is 9.83. The third-order valence-electron chi connectivity index (χ3n) is 5.02.